The third-order valence-corrected chi connectivity index (χ3v) is 23.0. The number of esters is 1. The smallest absolute Gasteiger partial charge is 0.330 e. The van der Waals surface area contributed by atoms with Gasteiger partial charge in [0.1, 0.15) is 6.10 Å². The third kappa shape index (κ3) is 12.2. The van der Waals surface area contributed by atoms with Crippen molar-refractivity contribution >= 4 is 30.9 Å². The van der Waals surface area contributed by atoms with Crippen molar-refractivity contribution in [3.05, 3.63) is 37.5 Å². The van der Waals surface area contributed by atoms with Crippen LogP contribution in [0.3, 0.4) is 0 Å². The third-order valence-electron chi connectivity index (χ3n) is 9.24. The van der Waals surface area contributed by atoms with Crippen LogP contribution in [0.4, 0.5) is 0 Å². The Morgan fingerprint density at radius 2 is 1.23 bits per heavy atom. The van der Waals surface area contributed by atoms with Gasteiger partial charge in [-0.1, -0.05) is 81.0 Å². The van der Waals surface area contributed by atoms with E-state index in [1.165, 1.54) is 6.08 Å². The highest BCUT2D eigenvalue weighted by Gasteiger charge is 2.43. The van der Waals surface area contributed by atoms with Crippen LogP contribution in [0.15, 0.2) is 37.5 Å². The number of hydrogen-bond acceptors (Lipinski definition) is 5. The zero-order valence-electron chi connectivity index (χ0n) is 28.6. The van der Waals surface area contributed by atoms with Crippen LogP contribution in [0.5, 0.6) is 0 Å². The molecule has 0 unspecified atom stereocenters. The van der Waals surface area contributed by atoms with E-state index in [-0.39, 0.29) is 28.4 Å². The second kappa shape index (κ2) is 16.2. The minimum absolute atomic E-state index is 0.0449. The normalized spacial score (nSPS) is 16.9. The fourth-order valence-corrected chi connectivity index (χ4v) is 9.75. The summed E-state index contributed by atoms with van der Waals surface area (Å²) in [5, 5.41) is 0.147. The van der Waals surface area contributed by atoms with Gasteiger partial charge in [-0.05, 0) is 67.4 Å². The average molecular weight is 613 g/mol. The first-order chi connectivity index (χ1) is 18.1. The molecule has 0 aliphatic rings. The highest BCUT2D eigenvalue weighted by atomic mass is 28.4. The zero-order chi connectivity index (χ0) is 31.6. The summed E-state index contributed by atoms with van der Waals surface area (Å²) in [5.74, 6) is -0.444. The molecule has 40 heavy (non-hydrogen) atoms. The Kier molecular flexibility index (Phi) is 15.9. The maximum Gasteiger partial charge on any atom is 0.330 e. The van der Waals surface area contributed by atoms with Crippen molar-refractivity contribution in [1.82, 2.24) is 0 Å². The lowest BCUT2D eigenvalue weighted by molar-refractivity contribution is -0.140. The lowest BCUT2D eigenvalue weighted by atomic mass is 10.1. The number of carbonyl (C=O) groups excluding carboxylic acids is 1. The second-order valence-electron chi connectivity index (χ2n) is 14.2. The van der Waals surface area contributed by atoms with Gasteiger partial charge in [0.15, 0.2) is 25.0 Å². The number of carbonyl (C=O) groups is 1. The second-order valence-corrected chi connectivity index (χ2v) is 28.5. The average Bonchev–Trinajstić information content (AvgIpc) is 2.83. The van der Waals surface area contributed by atoms with E-state index in [4.69, 9.17) is 18.0 Å². The van der Waals surface area contributed by atoms with Crippen molar-refractivity contribution in [2.75, 3.05) is 0 Å². The number of ether oxygens (including phenoxy) is 1. The van der Waals surface area contributed by atoms with E-state index in [0.717, 1.165) is 18.1 Å². The molecule has 0 aromatic heterocycles. The van der Waals surface area contributed by atoms with Gasteiger partial charge in [-0.3, -0.25) is 0 Å². The van der Waals surface area contributed by atoms with Crippen LogP contribution >= 0.6 is 0 Å². The molecule has 0 aliphatic heterocycles. The monoisotopic (exact) mass is 612 g/mol. The standard InChI is InChI=1S/C32H64O5Si3/c1-17-22-27(34-30(33)18-2)23-24-28(36-39(15,16)32(10,11)12)25-29(37-40(19-3,20-4)21-5)26(6)35-38(13,14)31(7,8)9/h17-18,23-24,26-29H,1-2,19-22,25H2,3-16H3/b24-23-/t26-,27+,28+,29+/m0/s1. The Hall–Kier alpha value is -0.779. The molecule has 0 radical (unpaired) electrons. The van der Waals surface area contributed by atoms with Gasteiger partial charge >= 0.3 is 5.97 Å². The van der Waals surface area contributed by atoms with Crippen LogP contribution in [-0.4, -0.2) is 55.3 Å². The van der Waals surface area contributed by atoms with Gasteiger partial charge in [0.2, 0.25) is 0 Å². The summed E-state index contributed by atoms with van der Waals surface area (Å²) in [6, 6.07) is 3.23. The Morgan fingerprint density at radius 3 is 1.62 bits per heavy atom. The molecule has 4 atom stereocenters. The minimum atomic E-state index is -2.13. The van der Waals surface area contributed by atoms with Gasteiger partial charge in [0.25, 0.3) is 0 Å². The van der Waals surface area contributed by atoms with Crippen LogP contribution in [0, 0.1) is 0 Å². The van der Waals surface area contributed by atoms with Gasteiger partial charge in [-0.15, -0.1) is 6.58 Å². The minimum Gasteiger partial charge on any atom is -0.455 e. The summed E-state index contributed by atoms with van der Waals surface area (Å²) < 4.78 is 26.7. The van der Waals surface area contributed by atoms with Crippen molar-refractivity contribution in [3.63, 3.8) is 0 Å². The molecule has 0 heterocycles. The van der Waals surface area contributed by atoms with Crippen LogP contribution in [0.25, 0.3) is 0 Å². The van der Waals surface area contributed by atoms with Gasteiger partial charge in [0, 0.05) is 18.9 Å². The number of hydrogen-bond donors (Lipinski definition) is 0. The molecule has 0 aromatic rings. The fourth-order valence-electron chi connectivity index (χ4n) is 4.10. The molecule has 0 saturated heterocycles. The lowest BCUT2D eigenvalue weighted by Crippen LogP contribution is -2.51. The van der Waals surface area contributed by atoms with E-state index in [1.807, 2.05) is 6.08 Å². The summed E-state index contributed by atoms with van der Waals surface area (Å²) in [6.07, 6.45) is 7.38. The summed E-state index contributed by atoms with van der Waals surface area (Å²) in [5.41, 5.74) is 0. The largest absolute Gasteiger partial charge is 0.455 e. The van der Waals surface area contributed by atoms with E-state index in [2.05, 4.69) is 115 Å². The number of rotatable bonds is 18. The molecule has 0 bridgehead atoms. The first-order valence-corrected chi connectivity index (χ1v) is 23.6. The molecular formula is C32H64O5Si3. The van der Waals surface area contributed by atoms with E-state index in [0.29, 0.717) is 12.8 Å². The first-order valence-electron chi connectivity index (χ1n) is 15.3. The van der Waals surface area contributed by atoms with Crippen molar-refractivity contribution in [2.24, 2.45) is 0 Å². The summed E-state index contributed by atoms with van der Waals surface area (Å²) >= 11 is 0. The lowest BCUT2D eigenvalue weighted by Gasteiger charge is -2.44. The topological polar surface area (TPSA) is 54.0 Å². The molecule has 0 amide bonds. The first kappa shape index (κ1) is 39.2. The Labute approximate surface area is 251 Å². The van der Waals surface area contributed by atoms with Crippen LogP contribution < -0.4 is 0 Å². The summed E-state index contributed by atoms with van der Waals surface area (Å²) in [7, 11) is -6.10. The molecule has 0 fully saturated rings. The van der Waals surface area contributed by atoms with Gasteiger partial charge in [0.05, 0.1) is 18.3 Å². The fraction of sp³-hybridized carbons (Fsp3) is 0.781. The van der Waals surface area contributed by atoms with E-state index >= 15 is 0 Å². The molecule has 0 N–H and O–H groups in total. The van der Waals surface area contributed by atoms with Crippen LogP contribution in [0.2, 0.25) is 54.4 Å². The van der Waals surface area contributed by atoms with Gasteiger partial charge in [-0.2, -0.15) is 0 Å². The molecule has 0 aromatic carbocycles. The predicted molar refractivity (Wildman–Crippen MR) is 181 cm³/mol. The maximum absolute atomic E-state index is 12.0. The molecule has 0 rings (SSSR count). The van der Waals surface area contributed by atoms with Gasteiger partial charge in [-0.25, -0.2) is 4.79 Å². The van der Waals surface area contributed by atoms with E-state index in [9.17, 15) is 4.79 Å². The zero-order valence-corrected chi connectivity index (χ0v) is 31.6. The summed E-state index contributed by atoms with van der Waals surface area (Å²) in [6.45, 7) is 39.2. The van der Waals surface area contributed by atoms with Crippen LogP contribution in [0.1, 0.15) is 82.1 Å². The molecule has 0 aliphatic carbocycles. The van der Waals surface area contributed by atoms with Crippen molar-refractivity contribution in [3.8, 4) is 0 Å². The molecule has 234 valence electrons. The highest BCUT2D eigenvalue weighted by molar-refractivity contribution is 6.75. The molecule has 0 saturated carbocycles. The Balaban J connectivity index is 6.61. The maximum atomic E-state index is 12.0. The molecular weight excluding hydrogens is 549 g/mol. The van der Waals surface area contributed by atoms with Crippen molar-refractivity contribution < 1.29 is 22.8 Å². The molecule has 8 heteroatoms. The van der Waals surface area contributed by atoms with Crippen molar-refractivity contribution in [1.29, 1.82) is 0 Å². The summed E-state index contributed by atoms with van der Waals surface area (Å²) in [4.78, 5) is 12.0. The quantitative estimate of drug-likeness (QED) is 0.0667. The van der Waals surface area contributed by atoms with Gasteiger partial charge < -0.3 is 18.0 Å². The SMILES string of the molecule is C=CC[C@H](/C=C\[C@H](C[C@@H](O[Si](CC)(CC)CC)[C@H](C)O[Si](C)(C)C(C)(C)C)O[Si](C)(C)C(C)(C)C)OC(=O)C=C. The van der Waals surface area contributed by atoms with Crippen LogP contribution in [-0.2, 0) is 22.8 Å². The predicted octanol–water partition coefficient (Wildman–Crippen LogP) is 9.80. The van der Waals surface area contributed by atoms with E-state index in [1.54, 1.807) is 6.08 Å². The van der Waals surface area contributed by atoms with E-state index < -0.39 is 37.0 Å². The molecule has 5 nitrogen and oxygen atoms in total. The van der Waals surface area contributed by atoms with Crippen molar-refractivity contribution in [2.45, 2.75) is 161 Å². The Bertz CT molecular complexity index is 811. The Morgan fingerprint density at radius 1 is 0.775 bits per heavy atom. The highest BCUT2D eigenvalue weighted by Crippen LogP contribution is 2.40. The molecule has 0 spiro atoms.